The Balaban J connectivity index is 1.92. The zero-order valence-electron chi connectivity index (χ0n) is 7.73. The van der Waals surface area contributed by atoms with E-state index in [9.17, 15) is 4.79 Å². The van der Waals surface area contributed by atoms with Gasteiger partial charge < -0.3 is 5.32 Å². The largest absolute Gasteiger partial charge is 0.352 e. The Labute approximate surface area is 82.3 Å². The highest BCUT2D eigenvalue weighted by Gasteiger charge is 2.59. The van der Waals surface area contributed by atoms with Crippen molar-refractivity contribution in [2.45, 2.75) is 24.3 Å². The third-order valence-electron chi connectivity index (χ3n) is 4.17. The Morgan fingerprint density at radius 3 is 2.57 bits per heavy atom. The van der Waals surface area contributed by atoms with Crippen molar-refractivity contribution in [3.8, 4) is 0 Å². The number of rotatable bonds is 0. The summed E-state index contributed by atoms with van der Waals surface area (Å²) in [4.78, 5) is 11.4. The normalized spacial score (nSPS) is 41.3. The van der Waals surface area contributed by atoms with Crippen molar-refractivity contribution >= 4 is 5.91 Å². The highest BCUT2D eigenvalue weighted by molar-refractivity contribution is 5.89. The molecular formula is C12H11NO. The van der Waals surface area contributed by atoms with Gasteiger partial charge in [0.2, 0.25) is 5.91 Å². The maximum atomic E-state index is 11.4. The summed E-state index contributed by atoms with van der Waals surface area (Å²) in [6.45, 7) is 0. The summed E-state index contributed by atoms with van der Waals surface area (Å²) in [5.74, 6) is 1.71. The summed E-state index contributed by atoms with van der Waals surface area (Å²) in [6.07, 6.45) is 1.19. The van der Waals surface area contributed by atoms with Gasteiger partial charge >= 0.3 is 0 Å². The van der Waals surface area contributed by atoms with Gasteiger partial charge in [0.1, 0.15) is 0 Å². The van der Waals surface area contributed by atoms with E-state index in [4.69, 9.17) is 0 Å². The SMILES string of the molecule is O=C1N[C@H]2[C@H]1[C@@H]1C[C@@H]2c2ccccc21. The van der Waals surface area contributed by atoms with Crippen molar-refractivity contribution in [3.63, 3.8) is 0 Å². The van der Waals surface area contributed by atoms with Crippen LogP contribution in [0.1, 0.15) is 29.4 Å². The first kappa shape index (κ1) is 7.04. The summed E-state index contributed by atoms with van der Waals surface area (Å²) in [5.41, 5.74) is 2.92. The Morgan fingerprint density at radius 1 is 1.14 bits per heavy atom. The van der Waals surface area contributed by atoms with Crippen molar-refractivity contribution in [3.05, 3.63) is 35.4 Å². The van der Waals surface area contributed by atoms with Crippen LogP contribution in [-0.2, 0) is 4.79 Å². The number of β-lactam (4-membered cyclic amide) rings is 1. The van der Waals surface area contributed by atoms with E-state index in [1.807, 2.05) is 0 Å². The van der Waals surface area contributed by atoms with E-state index in [0.717, 1.165) is 0 Å². The summed E-state index contributed by atoms with van der Waals surface area (Å²) in [5, 5.41) is 3.04. The second kappa shape index (κ2) is 2.02. The lowest BCUT2D eigenvalue weighted by Gasteiger charge is -2.40. The van der Waals surface area contributed by atoms with Gasteiger partial charge in [-0.3, -0.25) is 4.79 Å². The van der Waals surface area contributed by atoms with Gasteiger partial charge in [-0.25, -0.2) is 0 Å². The standard InChI is InChI=1S/C12H11NO/c14-12-10-8-5-9(11(10)13-12)7-4-2-1-3-6(7)8/h1-4,8-11H,5H2,(H,13,14)/t8-,9-,10-,11-/m1/s1. The van der Waals surface area contributed by atoms with Gasteiger partial charge in [-0.15, -0.1) is 0 Å². The molecule has 0 aromatic heterocycles. The zero-order valence-corrected chi connectivity index (χ0v) is 7.73. The third kappa shape index (κ3) is 0.578. The van der Waals surface area contributed by atoms with E-state index >= 15 is 0 Å². The number of carbonyl (C=O) groups is 1. The van der Waals surface area contributed by atoms with Crippen molar-refractivity contribution in [2.75, 3.05) is 0 Å². The number of amides is 1. The van der Waals surface area contributed by atoms with Crippen LogP contribution in [0.4, 0.5) is 0 Å². The van der Waals surface area contributed by atoms with Crippen molar-refractivity contribution < 1.29 is 4.79 Å². The molecule has 0 spiro atoms. The first-order valence-electron chi connectivity index (χ1n) is 5.25. The fourth-order valence-electron chi connectivity index (χ4n) is 3.59. The molecule has 1 heterocycles. The van der Waals surface area contributed by atoms with Crippen molar-refractivity contribution in [1.82, 2.24) is 5.32 Å². The lowest BCUT2D eigenvalue weighted by Crippen LogP contribution is -2.59. The number of hydrogen-bond acceptors (Lipinski definition) is 1. The molecule has 1 amide bonds. The molecule has 0 radical (unpaired) electrons. The van der Waals surface area contributed by atoms with Crippen LogP contribution in [0.5, 0.6) is 0 Å². The number of fused-ring (bicyclic) bond motifs is 8. The monoisotopic (exact) mass is 185 g/mol. The van der Waals surface area contributed by atoms with Gasteiger partial charge in [0, 0.05) is 12.0 Å². The summed E-state index contributed by atoms with van der Waals surface area (Å²) in [6, 6.07) is 9.07. The average Bonchev–Trinajstić information content (AvgIpc) is 2.68. The molecule has 1 N–H and O–H groups in total. The topological polar surface area (TPSA) is 29.1 Å². The molecule has 2 nitrogen and oxygen atoms in total. The first-order valence-corrected chi connectivity index (χ1v) is 5.25. The predicted molar refractivity (Wildman–Crippen MR) is 52.0 cm³/mol. The molecule has 3 aliphatic rings. The molecule has 1 aromatic rings. The van der Waals surface area contributed by atoms with E-state index in [0.29, 0.717) is 23.8 Å². The molecule has 1 saturated heterocycles. The quantitative estimate of drug-likeness (QED) is 0.608. The van der Waals surface area contributed by atoms with Crippen molar-refractivity contribution in [1.29, 1.82) is 0 Å². The third-order valence-corrected chi connectivity index (χ3v) is 4.17. The van der Waals surface area contributed by atoms with Gasteiger partial charge in [0.05, 0.1) is 5.92 Å². The molecule has 0 unspecified atom stereocenters. The van der Waals surface area contributed by atoms with Crippen LogP contribution in [0.15, 0.2) is 24.3 Å². The Bertz CT molecular complexity index is 440. The van der Waals surface area contributed by atoms with E-state index < -0.39 is 0 Å². The fourth-order valence-corrected chi connectivity index (χ4v) is 3.59. The molecule has 4 atom stereocenters. The summed E-state index contributed by atoms with van der Waals surface area (Å²) < 4.78 is 0. The zero-order chi connectivity index (χ0) is 9.28. The minimum atomic E-state index is 0.275. The molecule has 2 fully saturated rings. The molecule has 1 saturated carbocycles. The average molecular weight is 185 g/mol. The number of hydrogen-bond donors (Lipinski definition) is 1. The van der Waals surface area contributed by atoms with Gasteiger partial charge in [-0.05, 0) is 23.5 Å². The number of nitrogens with one attached hydrogen (secondary N) is 1. The molecule has 14 heavy (non-hydrogen) atoms. The van der Waals surface area contributed by atoms with E-state index in [1.54, 1.807) is 0 Å². The Hall–Kier alpha value is -1.31. The minimum Gasteiger partial charge on any atom is -0.352 e. The second-order valence-corrected chi connectivity index (χ2v) is 4.64. The maximum Gasteiger partial charge on any atom is 0.226 e. The fraction of sp³-hybridized carbons (Fsp3) is 0.417. The van der Waals surface area contributed by atoms with Gasteiger partial charge in [-0.1, -0.05) is 24.3 Å². The van der Waals surface area contributed by atoms with Crippen LogP contribution >= 0.6 is 0 Å². The smallest absolute Gasteiger partial charge is 0.226 e. The molecule has 1 aromatic carbocycles. The minimum absolute atomic E-state index is 0.275. The maximum absolute atomic E-state index is 11.4. The van der Waals surface area contributed by atoms with Gasteiger partial charge in [-0.2, -0.15) is 0 Å². The summed E-state index contributed by atoms with van der Waals surface area (Å²) in [7, 11) is 0. The van der Waals surface area contributed by atoms with Gasteiger partial charge in [0.25, 0.3) is 0 Å². The van der Waals surface area contributed by atoms with E-state index in [2.05, 4.69) is 29.6 Å². The van der Waals surface area contributed by atoms with E-state index in [1.165, 1.54) is 17.5 Å². The molecule has 4 rings (SSSR count). The molecule has 1 aliphatic heterocycles. The lowest BCUT2D eigenvalue weighted by molar-refractivity contribution is -0.134. The Kier molecular flexibility index (Phi) is 1.02. The predicted octanol–water partition coefficient (Wildman–Crippen LogP) is 1.39. The first-order chi connectivity index (χ1) is 6.86. The second-order valence-electron chi connectivity index (χ2n) is 4.64. The van der Waals surface area contributed by atoms with Crippen LogP contribution in [0.25, 0.3) is 0 Å². The van der Waals surface area contributed by atoms with Crippen LogP contribution in [-0.4, -0.2) is 11.9 Å². The molecule has 2 bridgehead atoms. The Morgan fingerprint density at radius 2 is 1.86 bits per heavy atom. The molecule has 2 aliphatic carbocycles. The molecular weight excluding hydrogens is 174 g/mol. The van der Waals surface area contributed by atoms with Crippen LogP contribution in [0, 0.1) is 5.92 Å². The molecule has 70 valence electrons. The summed E-state index contributed by atoms with van der Waals surface area (Å²) >= 11 is 0. The molecule has 2 heteroatoms. The lowest BCUT2D eigenvalue weighted by atomic mass is 9.75. The van der Waals surface area contributed by atoms with Gasteiger partial charge in [0.15, 0.2) is 0 Å². The van der Waals surface area contributed by atoms with Crippen LogP contribution in [0.2, 0.25) is 0 Å². The van der Waals surface area contributed by atoms with Crippen LogP contribution in [0.3, 0.4) is 0 Å². The highest BCUT2D eigenvalue weighted by Crippen LogP contribution is 2.58. The van der Waals surface area contributed by atoms with Crippen LogP contribution < -0.4 is 5.32 Å². The van der Waals surface area contributed by atoms with Crippen molar-refractivity contribution in [2.24, 2.45) is 5.92 Å². The van der Waals surface area contributed by atoms with E-state index in [-0.39, 0.29) is 5.91 Å². The highest BCUT2D eigenvalue weighted by atomic mass is 16.2. The number of carbonyl (C=O) groups excluding carboxylic acids is 1. The number of benzene rings is 1.